The second kappa shape index (κ2) is 2.82. The van der Waals surface area contributed by atoms with E-state index in [1.807, 2.05) is 25.1 Å². The highest BCUT2D eigenvalue weighted by atomic mass is 16.5. The first-order chi connectivity index (χ1) is 6.48. The third kappa shape index (κ3) is 1.40. The van der Waals surface area contributed by atoms with Crippen LogP contribution in [0.1, 0.15) is 25.1 Å². The van der Waals surface area contributed by atoms with Crippen molar-refractivity contribution in [2.45, 2.75) is 26.4 Å². The van der Waals surface area contributed by atoms with Gasteiger partial charge in [0.25, 0.3) is 0 Å². The number of benzene rings is 1. The maximum absolute atomic E-state index is 9.83. The van der Waals surface area contributed by atoms with E-state index in [0.29, 0.717) is 0 Å². The Hall–Kier alpha value is -1.35. The summed E-state index contributed by atoms with van der Waals surface area (Å²) in [5.74, 6) is 0. The smallest absolute Gasteiger partial charge is 0.167 e. The molecule has 3 nitrogen and oxygen atoms in total. The van der Waals surface area contributed by atoms with E-state index in [1.165, 1.54) is 0 Å². The van der Waals surface area contributed by atoms with E-state index in [9.17, 15) is 5.11 Å². The first kappa shape index (κ1) is 9.21. The Labute approximate surface area is 82.3 Å². The van der Waals surface area contributed by atoms with Crippen molar-refractivity contribution in [3.8, 4) is 0 Å². The molecule has 0 aliphatic rings. The summed E-state index contributed by atoms with van der Waals surface area (Å²) in [4.78, 5) is 0. The van der Waals surface area contributed by atoms with E-state index >= 15 is 0 Å². The molecule has 1 N–H and O–H groups in total. The van der Waals surface area contributed by atoms with Gasteiger partial charge >= 0.3 is 0 Å². The van der Waals surface area contributed by atoms with E-state index in [-0.39, 0.29) is 0 Å². The average Bonchev–Trinajstić information content (AvgIpc) is 2.46. The molecule has 0 aliphatic carbocycles. The predicted molar refractivity (Wildman–Crippen MR) is 54.0 cm³/mol. The van der Waals surface area contributed by atoms with Gasteiger partial charge in [-0.15, -0.1) is 0 Å². The molecule has 0 radical (unpaired) electrons. The van der Waals surface area contributed by atoms with Crippen LogP contribution in [0.5, 0.6) is 0 Å². The van der Waals surface area contributed by atoms with Gasteiger partial charge in [-0.2, -0.15) is 0 Å². The van der Waals surface area contributed by atoms with Gasteiger partial charge in [0, 0.05) is 5.39 Å². The molecule has 0 unspecified atom stereocenters. The minimum absolute atomic E-state index is 0.760. The van der Waals surface area contributed by atoms with Gasteiger partial charge < -0.3 is 9.63 Å². The lowest BCUT2D eigenvalue weighted by molar-refractivity contribution is 0.0787. The summed E-state index contributed by atoms with van der Waals surface area (Å²) in [5.41, 5.74) is 1.66. The summed E-state index contributed by atoms with van der Waals surface area (Å²) >= 11 is 0. The molecule has 1 aromatic carbocycles. The normalized spacial score (nSPS) is 12.3. The van der Waals surface area contributed by atoms with Crippen LogP contribution in [-0.4, -0.2) is 10.3 Å². The number of aliphatic hydroxyl groups is 1. The first-order valence-electron chi connectivity index (χ1n) is 4.57. The van der Waals surface area contributed by atoms with Crippen molar-refractivity contribution in [3.05, 3.63) is 29.5 Å². The number of aryl methyl sites for hydroxylation is 1. The van der Waals surface area contributed by atoms with E-state index in [1.54, 1.807) is 13.8 Å². The lowest BCUT2D eigenvalue weighted by atomic mass is 9.97. The zero-order valence-corrected chi connectivity index (χ0v) is 8.53. The van der Waals surface area contributed by atoms with Crippen molar-refractivity contribution >= 4 is 11.0 Å². The molecule has 0 fully saturated rings. The van der Waals surface area contributed by atoms with Gasteiger partial charge in [-0.25, -0.2) is 0 Å². The van der Waals surface area contributed by atoms with Crippen LogP contribution in [0.3, 0.4) is 0 Å². The van der Waals surface area contributed by atoms with Gasteiger partial charge in [0.15, 0.2) is 5.58 Å². The maximum atomic E-state index is 9.83. The van der Waals surface area contributed by atoms with Gasteiger partial charge in [0.1, 0.15) is 0 Å². The van der Waals surface area contributed by atoms with Crippen molar-refractivity contribution in [1.29, 1.82) is 0 Å². The monoisotopic (exact) mass is 191 g/mol. The average molecular weight is 191 g/mol. The van der Waals surface area contributed by atoms with Crippen LogP contribution in [0.2, 0.25) is 0 Å². The van der Waals surface area contributed by atoms with Crippen LogP contribution >= 0.6 is 0 Å². The Balaban J connectivity index is 2.66. The van der Waals surface area contributed by atoms with Crippen LogP contribution in [0.25, 0.3) is 11.0 Å². The second-order valence-electron chi connectivity index (χ2n) is 4.04. The molecule has 3 heteroatoms. The molecule has 0 aliphatic heterocycles. The standard InChI is InChI=1S/C11H13NO2/c1-7-9-6-8(11(2,3)13)4-5-10(9)14-12-7/h4-6,13H,1-3H3. The molecular weight excluding hydrogens is 178 g/mol. The Morgan fingerprint density at radius 3 is 2.71 bits per heavy atom. The van der Waals surface area contributed by atoms with Crippen molar-refractivity contribution in [2.24, 2.45) is 0 Å². The van der Waals surface area contributed by atoms with Gasteiger partial charge in [0.05, 0.1) is 11.3 Å². The summed E-state index contributed by atoms with van der Waals surface area (Å²) < 4.78 is 5.08. The molecule has 2 rings (SSSR count). The minimum Gasteiger partial charge on any atom is -0.386 e. The van der Waals surface area contributed by atoms with Gasteiger partial charge in [-0.1, -0.05) is 11.2 Å². The summed E-state index contributed by atoms with van der Waals surface area (Å²) in [5, 5.41) is 14.7. The number of fused-ring (bicyclic) bond motifs is 1. The minimum atomic E-state index is -0.822. The van der Waals surface area contributed by atoms with E-state index in [2.05, 4.69) is 5.16 Å². The molecule has 1 heterocycles. The molecule has 0 spiro atoms. The number of hydrogen-bond acceptors (Lipinski definition) is 3. The van der Waals surface area contributed by atoms with Crippen LogP contribution in [-0.2, 0) is 5.60 Å². The zero-order chi connectivity index (χ0) is 10.3. The Morgan fingerprint density at radius 2 is 2.07 bits per heavy atom. The topological polar surface area (TPSA) is 46.3 Å². The Morgan fingerprint density at radius 1 is 1.36 bits per heavy atom. The van der Waals surface area contributed by atoms with E-state index in [0.717, 1.165) is 22.2 Å². The second-order valence-corrected chi connectivity index (χ2v) is 4.04. The molecule has 0 amide bonds. The fourth-order valence-electron chi connectivity index (χ4n) is 1.44. The molecule has 14 heavy (non-hydrogen) atoms. The summed E-state index contributed by atoms with van der Waals surface area (Å²) in [6.45, 7) is 5.41. The highest BCUT2D eigenvalue weighted by Gasteiger charge is 2.17. The summed E-state index contributed by atoms with van der Waals surface area (Å²) in [6.07, 6.45) is 0. The Kier molecular flexibility index (Phi) is 1.86. The molecule has 0 atom stereocenters. The van der Waals surface area contributed by atoms with Gasteiger partial charge in [-0.3, -0.25) is 0 Å². The largest absolute Gasteiger partial charge is 0.386 e. The van der Waals surface area contributed by atoms with Gasteiger partial charge in [0.2, 0.25) is 0 Å². The zero-order valence-electron chi connectivity index (χ0n) is 8.53. The highest BCUT2D eigenvalue weighted by Crippen LogP contribution is 2.25. The molecule has 74 valence electrons. The first-order valence-corrected chi connectivity index (χ1v) is 4.57. The SMILES string of the molecule is Cc1noc2ccc(C(C)(C)O)cc12. The summed E-state index contributed by atoms with van der Waals surface area (Å²) in [7, 11) is 0. The van der Waals surface area contributed by atoms with E-state index < -0.39 is 5.60 Å². The molecule has 0 saturated heterocycles. The number of hydrogen-bond donors (Lipinski definition) is 1. The van der Waals surface area contributed by atoms with Crippen LogP contribution < -0.4 is 0 Å². The lowest BCUT2D eigenvalue weighted by Gasteiger charge is -2.17. The molecule has 1 aromatic heterocycles. The van der Waals surface area contributed by atoms with E-state index in [4.69, 9.17) is 4.52 Å². The Bertz CT molecular complexity index is 466. The van der Waals surface area contributed by atoms with Gasteiger partial charge in [-0.05, 0) is 38.5 Å². The van der Waals surface area contributed by atoms with Crippen molar-refractivity contribution < 1.29 is 9.63 Å². The van der Waals surface area contributed by atoms with Crippen molar-refractivity contribution in [3.63, 3.8) is 0 Å². The van der Waals surface area contributed by atoms with Crippen LogP contribution in [0.4, 0.5) is 0 Å². The third-order valence-electron chi connectivity index (χ3n) is 2.36. The highest BCUT2D eigenvalue weighted by molar-refractivity contribution is 5.80. The summed E-state index contributed by atoms with van der Waals surface area (Å²) in [6, 6.07) is 5.61. The molecule has 0 saturated carbocycles. The van der Waals surface area contributed by atoms with Crippen LogP contribution in [0, 0.1) is 6.92 Å². The third-order valence-corrected chi connectivity index (χ3v) is 2.36. The van der Waals surface area contributed by atoms with Crippen molar-refractivity contribution in [1.82, 2.24) is 5.16 Å². The number of rotatable bonds is 1. The maximum Gasteiger partial charge on any atom is 0.167 e. The molecule has 2 aromatic rings. The quantitative estimate of drug-likeness (QED) is 0.752. The number of nitrogens with zero attached hydrogens (tertiary/aromatic N) is 1. The fourth-order valence-corrected chi connectivity index (χ4v) is 1.44. The fraction of sp³-hybridized carbons (Fsp3) is 0.364. The lowest BCUT2D eigenvalue weighted by Crippen LogP contribution is -2.14. The van der Waals surface area contributed by atoms with Crippen molar-refractivity contribution in [2.75, 3.05) is 0 Å². The molecular formula is C11H13NO2. The molecule has 0 bridgehead atoms. The van der Waals surface area contributed by atoms with Crippen LogP contribution in [0.15, 0.2) is 22.7 Å². The number of aromatic nitrogens is 1. The predicted octanol–water partition coefficient (Wildman–Crippen LogP) is 2.36.